The number of aromatic nitrogens is 4. The van der Waals surface area contributed by atoms with Crippen LogP contribution in [-0.4, -0.2) is 39.7 Å². The van der Waals surface area contributed by atoms with Crippen molar-refractivity contribution in [1.82, 2.24) is 20.0 Å². The molecular formula is C21H25F3N6O3. The summed E-state index contributed by atoms with van der Waals surface area (Å²) in [7, 11) is 1.50. The lowest BCUT2D eigenvalue weighted by atomic mass is 10.2. The molecule has 1 atom stereocenters. The summed E-state index contributed by atoms with van der Waals surface area (Å²) in [6.07, 6.45) is -3.86. The molecule has 3 aromatic rings. The summed E-state index contributed by atoms with van der Waals surface area (Å²) in [6, 6.07) is 7.84. The topological polar surface area (TPSA) is 120 Å². The summed E-state index contributed by atoms with van der Waals surface area (Å²) in [4.78, 5) is 12.6. The highest BCUT2D eigenvalue weighted by atomic mass is 19.4. The number of anilines is 1. The van der Waals surface area contributed by atoms with Crippen molar-refractivity contribution in [2.45, 2.75) is 38.8 Å². The second kappa shape index (κ2) is 10.5. The van der Waals surface area contributed by atoms with E-state index in [1.807, 2.05) is 0 Å². The van der Waals surface area contributed by atoms with Crippen molar-refractivity contribution in [2.24, 2.45) is 5.73 Å². The largest absolute Gasteiger partial charge is 0.497 e. The molecule has 9 nitrogen and oxygen atoms in total. The predicted molar refractivity (Wildman–Crippen MR) is 115 cm³/mol. The molecule has 3 rings (SSSR count). The molecule has 0 aliphatic heterocycles. The lowest BCUT2D eigenvalue weighted by Crippen LogP contribution is -2.34. The third-order valence-corrected chi connectivity index (χ3v) is 4.74. The normalized spacial score (nSPS) is 12.5. The van der Waals surface area contributed by atoms with Crippen LogP contribution in [0.4, 0.5) is 18.9 Å². The Morgan fingerprint density at radius 2 is 2.00 bits per heavy atom. The van der Waals surface area contributed by atoms with E-state index in [2.05, 4.69) is 20.6 Å². The molecule has 0 saturated heterocycles. The molecule has 0 bridgehead atoms. The number of methoxy groups -OCH3 is 1. The minimum Gasteiger partial charge on any atom is -0.497 e. The average Bonchev–Trinajstić information content (AvgIpc) is 3.23. The highest BCUT2D eigenvalue weighted by Crippen LogP contribution is 2.32. The van der Waals surface area contributed by atoms with Crippen LogP contribution in [0, 0.1) is 0 Å². The van der Waals surface area contributed by atoms with Gasteiger partial charge in [-0.05, 0) is 30.7 Å². The second-order valence-electron chi connectivity index (χ2n) is 7.39. The van der Waals surface area contributed by atoms with Crippen LogP contribution in [0.5, 0.6) is 5.75 Å². The molecule has 2 aromatic heterocycles. The van der Waals surface area contributed by atoms with E-state index in [1.165, 1.54) is 7.11 Å². The van der Waals surface area contributed by atoms with E-state index in [9.17, 15) is 18.0 Å². The zero-order valence-electron chi connectivity index (χ0n) is 18.1. The van der Waals surface area contributed by atoms with Gasteiger partial charge in [0.25, 0.3) is 5.56 Å². The van der Waals surface area contributed by atoms with Crippen LogP contribution in [0.15, 0.2) is 41.3 Å². The van der Waals surface area contributed by atoms with Gasteiger partial charge in [-0.15, -0.1) is 0 Å². The summed E-state index contributed by atoms with van der Waals surface area (Å²) >= 11 is 0. The van der Waals surface area contributed by atoms with Gasteiger partial charge < -0.3 is 20.5 Å². The average molecular weight is 466 g/mol. The monoisotopic (exact) mass is 466 g/mol. The molecule has 4 N–H and O–H groups in total. The zero-order valence-corrected chi connectivity index (χ0v) is 18.1. The second-order valence-corrected chi connectivity index (χ2v) is 7.39. The third kappa shape index (κ3) is 6.33. The molecule has 2 heterocycles. The maximum atomic E-state index is 13.7. The van der Waals surface area contributed by atoms with Crippen molar-refractivity contribution >= 4 is 5.69 Å². The fraction of sp³-hybridized carbons (Fsp3) is 0.381. The van der Waals surface area contributed by atoms with Gasteiger partial charge in [0.2, 0.25) is 0 Å². The fourth-order valence-corrected chi connectivity index (χ4v) is 3.13. The maximum Gasteiger partial charge on any atom is 0.423 e. The SMILES string of the molecule is COc1ccc(Cn2ncc(N[C@@H](C)COCc3cc(CN)n[nH]3)c(C(F)(F)F)c2=O)cc1. The van der Waals surface area contributed by atoms with Crippen molar-refractivity contribution < 1.29 is 22.6 Å². The van der Waals surface area contributed by atoms with E-state index >= 15 is 0 Å². The number of nitrogens with zero attached hydrogens (tertiary/aromatic N) is 3. The number of alkyl halides is 3. The van der Waals surface area contributed by atoms with Crippen molar-refractivity contribution in [3.8, 4) is 5.75 Å². The number of hydrogen-bond acceptors (Lipinski definition) is 7. The van der Waals surface area contributed by atoms with E-state index in [0.29, 0.717) is 22.7 Å². The Balaban J connectivity index is 1.71. The number of benzene rings is 1. The van der Waals surface area contributed by atoms with E-state index < -0.39 is 29.0 Å². The number of H-pyrrole nitrogens is 1. The Kier molecular flexibility index (Phi) is 7.71. The van der Waals surface area contributed by atoms with E-state index in [1.54, 1.807) is 37.3 Å². The van der Waals surface area contributed by atoms with Crippen molar-refractivity contribution in [3.05, 3.63) is 69.4 Å². The summed E-state index contributed by atoms with van der Waals surface area (Å²) in [5.41, 5.74) is 4.53. The first kappa shape index (κ1) is 24.3. The van der Waals surface area contributed by atoms with Gasteiger partial charge in [-0.3, -0.25) is 9.89 Å². The summed E-state index contributed by atoms with van der Waals surface area (Å²) < 4.78 is 52.6. The fourth-order valence-electron chi connectivity index (χ4n) is 3.13. The molecule has 178 valence electrons. The molecular weight excluding hydrogens is 441 g/mol. The number of halogens is 3. The van der Waals surface area contributed by atoms with Crippen molar-refractivity contribution in [1.29, 1.82) is 0 Å². The van der Waals surface area contributed by atoms with Gasteiger partial charge in [-0.1, -0.05) is 12.1 Å². The highest BCUT2D eigenvalue weighted by molar-refractivity contribution is 5.50. The van der Waals surface area contributed by atoms with Gasteiger partial charge in [0.05, 0.1) is 50.1 Å². The maximum absolute atomic E-state index is 13.7. The van der Waals surface area contributed by atoms with Gasteiger partial charge in [0, 0.05) is 12.6 Å². The molecule has 0 radical (unpaired) electrons. The number of rotatable bonds is 10. The molecule has 0 fully saturated rings. The molecule has 0 aliphatic carbocycles. The summed E-state index contributed by atoms with van der Waals surface area (Å²) in [5.74, 6) is 0.596. The van der Waals surface area contributed by atoms with E-state index in [4.69, 9.17) is 15.2 Å². The summed E-state index contributed by atoms with van der Waals surface area (Å²) in [5, 5.41) is 13.3. The number of hydrogen-bond donors (Lipinski definition) is 3. The van der Waals surface area contributed by atoms with Gasteiger partial charge in [0.1, 0.15) is 11.3 Å². The van der Waals surface area contributed by atoms with Crippen molar-refractivity contribution in [3.63, 3.8) is 0 Å². The van der Waals surface area contributed by atoms with Crippen LogP contribution >= 0.6 is 0 Å². The number of ether oxygens (including phenoxy) is 2. The van der Waals surface area contributed by atoms with Crippen molar-refractivity contribution in [2.75, 3.05) is 19.0 Å². The molecule has 0 saturated carbocycles. The van der Waals surface area contributed by atoms with Crippen LogP contribution in [0.1, 0.15) is 29.4 Å². The minimum atomic E-state index is -4.86. The van der Waals surface area contributed by atoms with Crippen LogP contribution in [-0.2, 0) is 30.6 Å². The molecule has 0 amide bonds. The molecule has 33 heavy (non-hydrogen) atoms. The Labute approximate surface area is 187 Å². The molecule has 0 unspecified atom stereocenters. The lowest BCUT2D eigenvalue weighted by Gasteiger charge is -2.19. The first-order chi connectivity index (χ1) is 15.7. The lowest BCUT2D eigenvalue weighted by molar-refractivity contribution is -0.138. The highest BCUT2D eigenvalue weighted by Gasteiger charge is 2.38. The van der Waals surface area contributed by atoms with Gasteiger partial charge in [0.15, 0.2) is 0 Å². The molecule has 0 spiro atoms. The first-order valence-electron chi connectivity index (χ1n) is 10.1. The number of aromatic amines is 1. The third-order valence-electron chi connectivity index (χ3n) is 4.74. The van der Waals surface area contributed by atoms with Crippen LogP contribution in [0.2, 0.25) is 0 Å². The Bertz CT molecular complexity index is 1110. The minimum absolute atomic E-state index is 0.0865. The van der Waals surface area contributed by atoms with Crippen LogP contribution in [0.3, 0.4) is 0 Å². The number of nitrogens with two attached hydrogens (primary N) is 1. The number of nitrogens with one attached hydrogen (secondary N) is 2. The molecule has 12 heteroatoms. The molecule has 1 aromatic carbocycles. The smallest absolute Gasteiger partial charge is 0.423 e. The van der Waals surface area contributed by atoms with E-state index in [-0.39, 0.29) is 26.3 Å². The molecule has 0 aliphatic rings. The Hall–Kier alpha value is -3.38. The van der Waals surface area contributed by atoms with Gasteiger partial charge in [-0.2, -0.15) is 23.4 Å². The van der Waals surface area contributed by atoms with Gasteiger partial charge in [-0.25, -0.2) is 4.68 Å². The van der Waals surface area contributed by atoms with Crippen LogP contribution in [0.25, 0.3) is 0 Å². The van der Waals surface area contributed by atoms with Gasteiger partial charge >= 0.3 is 6.18 Å². The zero-order chi connectivity index (χ0) is 24.0. The van der Waals surface area contributed by atoms with E-state index in [0.717, 1.165) is 10.9 Å². The standard InChI is InChI=1S/C21H25F3N6O3/c1-13(11-33-12-16-7-15(8-25)28-29-16)27-18-9-26-30(20(31)19(18)21(22,23)24)10-14-3-5-17(32-2)6-4-14/h3-7,9,13,27H,8,10-12,25H2,1-2H3,(H,28,29)/t13-/m0/s1. The summed E-state index contributed by atoms with van der Waals surface area (Å²) in [6.45, 7) is 2.09. The Morgan fingerprint density at radius 1 is 1.27 bits per heavy atom. The first-order valence-corrected chi connectivity index (χ1v) is 10.1. The Morgan fingerprint density at radius 3 is 2.61 bits per heavy atom. The quantitative estimate of drug-likeness (QED) is 0.420. The van der Waals surface area contributed by atoms with Crippen LogP contribution < -0.4 is 21.3 Å². The predicted octanol–water partition coefficient (Wildman–Crippen LogP) is 2.52.